The number of nitrogens with two attached hydrogens (primary N) is 1. The average Bonchev–Trinajstić information content (AvgIpc) is 2.01. The van der Waals surface area contributed by atoms with E-state index in [9.17, 15) is 0 Å². The summed E-state index contributed by atoms with van der Waals surface area (Å²) in [5.74, 6) is 0.545. The zero-order chi connectivity index (χ0) is 10.7. The fourth-order valence-electron chi connectivity index (χ4n) is 1.14. The fraction of sp³-hybridized carbons (Fsp3) is 0.333. The summed E-state index contributed by atoms with van der Waals surface area (Å²) in [6.45, 7) is 3.77. The van der Waals surface area contributed by atoms with E-state index in [4.69, 9.17) is 20.5 Å². The van der Waals surface area contributed by atoms with Gasteiger partial charge in [-0.25, -0.2) is 0 Å². The third-order valence-corrected chi connectivity index (χ3v) is 1.62. The second kappa shape index (κ2) is 4.35. The maximum absolute atomic E-state index is 8.95. The summed E-state index contributed by atoms with van der Waals surface area (Å²) in [5, 5.41) is 17.9. The SMILES string of the molecule is CC(C)Oc1cc(N)cc(B(O)O)c1. The van der Waals surface area contributed by atoms with Gasteiger partial charge in [0.1, 0.15) is 5.75 Å². The molecule has 14 heavy (non-hydrogen) atoms. The first kappa shape index (κ1) is 10.9. The number of benzene rings is 1. The largest absolute Gasteiger partial charge is 0.491 e. The van der Waals surface area contributed by atoms with Crippen LogP contribution in [0.2, 0.25) is 0 Å². The van der Waals surface area contributed by atoms with E-state index in [1.54, 1.807) is 12.1 Å². The van der Waals surface area contributed by atoms with Crippen LogP contribution in [0.1, 0.15) is 13.8 Å². The van der Waals surface area contributed by atoms with Crippen molar-refractivity contribution in [2.75, 3.05) is 5.73 Å². The number of rotatable bonds is 3. The first-order valence-corrected chi connectivity index (χ1v) is 4.42. The van der Waals surface area contributed by atoms with Crippen LogP contribution in [0.15, 0.2) is 18.2 Å². The summed E-state index contributed by atoms with van der Waals surface area (Å²) >= 11 is 0. The number of nitrogen functional groups attached to an aromatic ring is 1. The number of hydrogen-bond donors (Lipinski definition) is 3. The lowest BCUT2D eigenvalue weighted by molar-refractivity contribution is 0.242. The van der Waals surface area contributed by atoms with Gasteiger partial charge in [-0.3, -0.25) is 0 Å². The van der Waals surface area contributed by atoms with Gasteiger partial charge in [-0.1, -0.05) is 0 Å². The third-order valence-electron chi connectivity index (χ3n) is 1.62. The molecule has 0 aromatic heterocycles. The van der Waals surface area contributed by atoms with Gasteiger partial charge in [-0.05, 0) is 31.4 Å². The Balaban J connectivity index is 2.95. The molecule has 1 aromatic rings. The van der Waals surface area contributed by atoms with Crippen LogP contribution in [0.5, 0.6) is 5.75 Å². The molecule has 4 N–H and O–H groups in total. The lowest BCUT2D eigenvalue weighted by Crippen LogP contribution is -2.30. The molecule has 1 rings (SSSR count). The Bertz CT molecular complexity index is 315. The van der Waals surface area contributed by atoms with E-state index < -0.39 is 7.12 Å². The number of ether oxygens (including phenoxy) is 1. The van der Waals surface area contributed by atoms with Gasteiger partial charge in [0.2, 0.25) is 0 Å². The molecule has 0 amide bonds. The minimum absolute atomic E-state index is 0.0282. The van der Waals surface area contributed by atoms with Gasteiger partial charge < -0.3 is 20.5 Å². The summed E-state index contributed by atoms with van der Waals surface area (Å²) in [6.07, 6.45) is 0.0282. The van der Waals surface area contributed by atoms with Crippen LogP contribution in [-0.2, 0) is 0 Å². The topological polar surface area (TPSA) is 75.7 Å². The fourth-order valence-corrected chi connectivity index (χ4v) is 1.14. The summed E-state index contributed by atoms with van der Waals surface area (Å²) < 4.78 is 5.38. The lowest BCUT2D eigenvalue weighted by atomic mass is 9.80. The molecule has 0 heterocycles. The van der Waals surface area contributed by atoms with Crippen LogP contribution in [-0.4, -0.2) is 23.3 Å². The smallest absolute Gasteiger partial charge is 0.488 e. The molecular formula is C9H14BNO3. The van der Waals surface area contributed by atoms with Crippen molar-refractivity contribution in [2.45, 2.75) is 20.0 Å². The van der Waals surface area contributed by atoms with Crippen molar-refractivity contribution in [1.82, 2.24) is 0 Å². The Morgan fingerprint density at radius 1 is 1.29 bits per heavy atom. The van der Waals surface area contributed by atoms with Crippen molar-refractivity contribution in [2.24, 2.45) is 0 Å². The molecule has 0 unspecified atom stereocenters. The van der Waals surface area contributed by atoms with Gasteiger partial charge in [0, 0.05) is 11.8 Å². The molecule has 5 heteroatoms. The minimum atomic E-state index is -1.52. The molecule has 0 atom stereocenters. The summed E-state index contributed by atoms with van der Waals surface area (Å²) in [5.41, 5.74) is 6.35. The number of anilines is 1. The van der Waals surface area contributed by atoms with E-state index in [-0.39, 0.29) is 6.10 Å². The molecule has 4 nitrogen and oxygen atoms in total. The zero-order valence-corrected chi connectivity index (χ0v) is 8.27. The van der Waals surface area contributed by atoms with Crippen LogP contribution >= 0.6 is 0 Å². The predicted octanol–water partition coefficient (Wildman–Crippen LogP) is -0.264. The second-order valence-corrected chi connectivity index (χ2v) is 3.38. The predicted molar refractivity (Wildman–Crippen MR) is 56.4 cm³/mol. The molecule has 76 valence electrons. The summed E-state index contributed by atoms with van der Waals surface area (Å²) in [6, 6.07) is 4.70. The summed E-state index contributed by atoms with van der Waals surface area (Å²) in [7, 11) is -1.52. The van der Waals surface area contributed by atoms with E-state index in [0.29, 0.717) is 16.9 Å². The van der Waals surface area contributed by atoms with E-state index in [2.05, 4.69) is 0 Å². The first-order valence-electron chi connectivity index (χ1n) is 4.42. The molecule has 0 aliphatic carbocycles. The van der Waals surface area contributed by atoms with Crippen molar-refractivity contribution in [3.8, 4) is 5.75 Å². The Labute approximate surface area is 83.5 Å². The maximum atomic E-state index is 8.95. The highest BCUT2D eigenvalue weighted by atomic mass is 16.5. The van der Waals surface area contributed by atoms with Gasteiger partial charge in [-0.2, -0.15) is 0 Å². The van der Waals surface area contributed by atoms with Crippen molar-refractivity contribution in [3.63, 3.8) is 0 Å². The Morgan fingerprint density at radius 2 is 1.93 bits per heavy atom. The number of hydrogen-bond acceptors (Lipinski definition) is 4. The van der Waals surface area contributed by atoms with Crippen molar-refractivity contribution in [1.29, 1.82) is 0 Å². The average molecular weight is 195 g/mol. The quantitative estimate of drug-likeness (QED) is 0.458. The molecular weight excluding hydrogens is 181 g/mol. The molecule has 0 aliphatic heterocycles. The summed E-state index contributed by atoms with van der Waals surface area (Å²) in [4.78, 5) is 0. The van der Waals surface area contributed by atoms with Gasteiger partial charge in [-0.15, -0.1) is 0 Å². The normalized spacial score (nSPS) is 10.4. The third kappa shape index (κ3) is 2.94. The molecule has 0 saturated carbocycles. The van der Waals surface area contributed by atoms with Crippen LogP contribution in [0.3, 0.4) is 0 Å². The monoisotopic (exact) mass is 195 g/mol. The molecule has 0 spiro atoms. The van der Waals surface area contributed by atoms with E-state index >= 15 is 0 Å². The van der Waals surface area contributed by atoms with Gasteiger partial charge >= 0.3 is 7.12 Å². The molecule has 0 fully saturated rings. The lowest BCUT2D eigenvalue weighted by Gasteiger charge is -2.11. The highest BCUT2D eigenvalue weighted by molar-refractivity contribution is 6.58. The van der Waals surface area contributed by atoms with Crippen molar-refractivity contribution < 1.29 is 14.8 Å². The van der Waals surface area contributed by atoms with Gasteiger partial charge in [0.05, 0.1) is 6.10 Å². The van der Waals surface area contributed by atoms with Crippen LogP contribution in [0.4, 0.5) is 5.69 Å². The standard InChI is InChI=1S/C9H14BNO3/c1-6(2)14-9-4-7(10(12)13)3-8(11)5-9/h3-6,12-13H,11H2,1-2H3. The Kier molecular flexibility index (Phi) is 3.38. The van der Waals surface area contributed by atoms with Crippen LogP contribution in [0, 0.1) is 0 Å². The van der Waals surface area contributed by atoms with E-state index in [1.807, 2.05) is 13.8 Å². The highest BCUT2D eigenvalue weighted by Crippen LogP contribution is 2.14. The first-order chi connectivity index (χ1) is 6.49. The molecule has 0 saturated heterocycles. The molecule has 0 aliphatic rings. The maximum Gasteiger partial charge on any atom is 0.488 e. The zero-order valence-electron chi connectivity index (χ0n) is 8.27. The van der Waals surface area contributed by atoms with E-state index in [0.717, 1.165) is 0 Å². The van der Waals surface area contributed by atoms with E-state index in [1.165, 1.54) is 6.07 Å². The Hall–Kier alpha value is -1.20. The highest BCUT2D eigenvalue weighted by Gasteiger charge is 2.13. The van der Waals surface area contributed by atoms with Crippen LogP contribution in [0.25, 0.3) is 0 Å². The van der Waals surface area contributed by atoms with Crippen molar-refractivity contribution in [3.05, 3.63) is 18.2 Å². The Morgan fingerprint density at radius 3 is 2.43 bits per heavy atom. The van der Waals surface area contributed by atoms with Gasteiger partial charge in [0.15, 0.2) is 0 Å². The molecule has 0 bridgehead atoms. The minimum Gasteiger partial charge on any atom is -0.491 e. The van der Waals surface area contributed by atoms with Crippen molar-refractivity contribution >= 4 is 18.3 Å². The van der Waals surface area contributed by atoms with Crippen LogP contribution < -0.4 is 15.9 Å². The molecule has 0 radical (unpaired) electrons. The van der Waals surface area contributed by atoms with Gasteiger partial charge in [0.25, 0.3) is 0 Å². The second-order valence-electron chi connectivity index (χ2n) is 3.38. The molecule has 1 aromatic carbocycles.